The highest BCUT2D eigenvalue weighted by Gasteiger charge is 2.19. The highest BCUT2D eigenvalue weighted by atomic mass is 19.1. The molecule has 0 saturated carbocycles. The second-order valence-corrected chi connectivity index (χ2v) is 9.42. The van der Waals surface area contributed by atoms with E-state index in [1.54, 1.807) is 30.9 Å². The van der Waals surface area contributed by atoms with Gasteiger partial charge in [0.25, 0.3) is 0 Å². The second kappa shape index (κ2) is 9.47. The number of aromatic nitrogens is 7. The SMILES string of the molecule is CC(C)CC(=O)Nc1cncc(-c2cc(F)c3[nH]nc(-c4nc5c(-c6ccccn6)ccnc5[nH]4)c3c2)c1. The number of carbonyl (C=O) groups is 1. The van der Waals surface area contributed by atoms with Crippen LogP contribution in [-0.2, 0) is 4.79 Å². The van der Waals surface area contributed by atoms with Gasteiger partial charge in [0, 0.05) is 41.5 Å². The smallest absolute Gasteiger partial charge is 0.224 e. The van der Waals surface area contributed by atoms with E-state index in [1.807, 2.05) is 44.2 Å². The fourth-order valence-electron chi connectivity index (χ4n) is 4.43. The molecular formula is C28H23FN8O. The summed E-state index contributed by atoms with van der Waals surface area (Å²) in [6, 6.07) is 12.5. The van der Waals surface area contributed by atoms with E-state index in [-0.39, 0.29) is 17.3 Å². The van der Waals surface area contributed by atoms with Crippen molar-refractivity contribution in [3.8, 4) is 33.9 Å². The summed E-state index contributed by atoms with van der Waals surface area (Å²) in [7, 11) is 0. The van der Waals surface area contributed by atoms with E-state index in [0.717, 1.165) is 11.3 Å². The molecule has 1 amide bonds. The van der Waals surface area contributed by atoms with Crippen LogP contribution in [0.1, 0.15) is 20.3 Å². The van der Waals surface area contributed by atoms with Crippen LogP contribution in [0.2, 0.25) is 0 Å². The van der Waals surface area contributed by atoms with Crippen molar-refractivity contribution in [3.63, 3.8) is 0 Å². The summed E-state index contributed by atoms with van der Waals surface area (Å²) in [5.74, 6) is 0.123. The molecule has 0 bridgehead atoms. The van der Waals surface area contributed by atoms with Gasteiger partial charge in [0.2, 0.25) is 5.91 Å². The Morgan fingerprint density at radius 3 is 2.76 bits per heavy atom. The van der Waals surface area contributed by atoms with Gasteiger partial charge in [-0.15, -0.1) is 0 Å². The van der Waals surface area contributed by atoms with E-state index in [0.29, 0.717) is 51.3 Å². The number of benzene rings is 1. The lowest BCUT2D eigenvalue weighted by Gasteiger charge is -2.09. The number of fused-ring (bicyclic) bond motifs is 2. The van der Waals surface area contributed by atoms with Crippen molar-refractivity contribution in [2.24, 2.45) is 5.92 Å². The number of anilines is 1. The van der Waals surface area contributed by atoms with Crippen molar-refractivity contribution < 1.29 is 9.18 Å². The van der Waals surface area contributed by atoms with Gasteiger partial charge in [-0.25, -0.2) is 14.4 Å². The molecule has 5 aromatic heterocycles. The van der Waals surface area contributed by atoms with Gasteiger partial charge in [0.05, 0.1) is 17.6 Å². The lowest BCUT2D eigenvalue weighted by molar-refractivity contribution is -0.116. The van der Waals surface area contributed by atoms with Gasteiger partial charge >= 0.3 is 0 Å². The van der Waals surface area contributed by atoms with Crippen LogP contribution in [0.4, 0.5) is 10.1 Å². The predicted octanol–water partition coefficient (Wildman–Crippen LogP) is 5.75. The molecule has 6 aromatic rings. The number of aromatic amines is 2. The first-order chi connectivity index (χ1) is 18.5. The third kappa shape index (κ3) is 4.36. The number of halogens is 1. The maximum Gasteiger partial charge on any atom is 0.224 e. The Morgan fingerprint density at radius 2 is 1.95 bits per heavy atom. The predicted molar refractivity (Wildman–Crippen MR) is 143 cm³/mol. The van der Waals surface area contributed by atoms with Crippen molar-refractivity contribution >= 4 is 33.7 Å². The lowest BCUT2D eigenvalue weighted by atomic mass is 10.0. The molecule has 0 spiro atoms. The summed E-state index contributed by atoms with van der Waals surface area (Å²) in [4.78, 5) is 33.3. The molecule has 10 heteroatoms. The van der Waals surface area contributed by atoms with E-state index in [1.165, 1.54) is 6.07 Å². The highest BCUT2D eigenvalue weighted by molar-refractivity contribution is 5.98. The van der Waals surface area contributed by atoms with Gasteiger partial charge in [-0.05, 0) is 47.9 Å². The maximum absolute atomic E-state index is 15.2. The number of nitrogens with one attached hydrogen (secondary N) is 3. The van der Waals surface area contributed by atoms with E-state index < -0.39 is 5.82 Å². The number of nitrogens with zero attached hydrogens (tertiary/aromatic N) is 5. The van der Waals surface area contributed by atoms with E-state index >= 15 is 4.39 Å². The zero-order valence-electron chi connectivity index (χ0n) is 20.7. The van der Waals surface area contributed by atoms with Gasteiger partial charge in [0.1, 0.15) is 22.5 Å². The van der Waals surface area contributed by atoms with Crippen LogP contribution < -0.4 is 5.32 Å². The maximum atomic E-state index is 15.2. The molecule has 188 valence electrons. The average molecular weight is 507 g/mol. The van der Waals surface area contributed by atoms with Gasteiger partial charge in [-0.2, -0.15) is 5.10 Å². The molecular weight excluding hydrogens is 483 g/mol. The minimum Gasteiger partial charge on any atom is -0.325 e. The van der Waals surface area contributed by atoms with Crippen LogP contribution in [0.15, 0.2) is 67.3 Å². The molecule has 6 rings (SSSR count). The number of pyridine rings is 3. The van der Waals surface area contributed by atoms with Crippen molar-refractivity contribution in [3.05, 3.63) is 73.1 Å². The first-order valence-corrected chi connectivity index (χ1v) is 12.2. The van der Waals surface area contributed by atoms with E-state index in [9.17, 15) is 4.79 Å². The van der Waals surface area contributed by atoms with Crippen LogP contribution in [-0.4, -0.2) is 41.0 Å². The molecule has 0 atom stereocenters. The Morgan fingerprint density at radius 1 is 1.05 bits per heavy atom. The number of H-pyrrole nitrogens is 2. The van der Waals surface area contributed by atoms with Crippen LogP contribution >= 0.6 is 0 Å². The Kier molecular flexibility index (Phi) is 5.83. The largest absolute Gasteiger partial charge is 0.325 e. The van der Waals surface area contributed by atoms with Crippen LogP contribution in [0.5, 0.6) is 0 Å². The zero-order chi connectivity index (χ0) is 26.2. The highest BCUT2D eigenvalue weighted by Crippen LogP contribution is 2.33. The number of rotatable bonds is 6. The van der Waals surface area contributed by atoms with E-state index in [4.69, 9.17) is 4.98 Å². The fraction of sp³-hybridized carbons (Fsp3) is 0.143. The second-order valence-electron chi connectivity index (χ2n) is 9.42. The molecule has 1 aromatic carbocycles. The Balaban J connectivity index is 1.41. The average Bonchev–Trinajstić information content (AvgIpc) is 3.53. The summed E-state index contributed by atoms with van der Waals surface area (Å²) in [5, 5.41) is 10.6. The summed E-state index contributed by atoms with van der Waals surface area (Å²) >= 11 is 0. The number of imidazole rings is 1. The molecule has 0 unspecified atom stereocenters. The van der Waals surface area contributed by atoms with Gasteiger partial charge in [0.15, 0.2) is 11.5 Å². The summed E-state index contributed by atoms with van der Waals surface area (Å²) in [6.45, 7) is 3.96. The first kappa shape index (κ1) is 23.4. The van der Waals surface area contributed by atoms with Crippen molar-refractivity contribution in [2.75, 3.05) is 5.32 Å². The Hall–Kier alpha value is -4.99. The molecule has 0 saturated heterocycles. The molecule has 5 heterocycles. The Labute approximate surface area is 216 Å². The normalized spacial score (nSPS) is 11.5. The number of carbonyl (C=O) groups excluding carboxylic acids is 1. The first-order valence-electron chi connectivity index (χ1n) is 12.2. The molecule has 0 fully saturated rings. The third-order valence-electron chi connectivity index (χ3n) is 6.12. The van der Waals surface area contributed by atoms with E-state index in [2.05, 4.69) is 35.5 Å². The third-order valence-corrected chi connectivity index (χ3v) is 6.12. The monoisotopic (exact) mass is 506 g/mol. The fourth-order valence-corrected chi connectivity index (χ4v) is 4.43. The van der Waals surface area contributed by atoms with Crippen LogP contribution in [0.3, 0.4) is 0 Å². The molecule has 3 N–H and O–H groups in total. The molecule has 0 radical (unpaired) electrons. The van der Waals surface area contributed by atoms with Gasteiger partial charge in [-0.1, -0.05) is 19.9 Å². The summed E-state index contributed by atoms with van der Waals surface area (Å²) < 4.78 is 15.2. The number of amides is 1. The van der Waals surface area contributed by atoms with Gasteiger partial charge in [-0.3, -0.25) is 19.9 Å². The zero-order valence-corrected chi connectivity index (χ0v) is 20.7. The van der Waals surface area contributed by atoms with Crippen LogP contribution in [0.25, 0.3) is 56.0 Å². The quantitative estimate of drug-likeness (QED) is 0.264. The molecule has 38 heavy (non-hydrogen) atoms. The standard InChI is InChI=1S/C28H23FN8O/c1-15(2)9-23(38)33-18-10-17(13-30-14-18)16-11-20-24(21(29)12-16)36-37-26(20)28-34-25-19(6-8-32-27(25)35-28)22-5-3-4-7-31-22/h3-8,10-15H,9H2,1-2H3,(H,33,38)(H,36,37)(H,32,34,35). The number of hydrogen-bond acceptors (Lipinski definition) is 6. The summed E-state index contributed by atoms with van der Waals surface area (Å²) in [5.41, 5.74) is 5.33. The van der Waals surface area contributed by atoms with Crippen molar-refractivity contribution in [1.29, 1.82) is 0 Å². The van der Waals surface area contributed by atoms with Gasteiger partial charge < -0.3 is 10.3 Å². The number of hydrogen-bond donors (Lipinski definition) is 3. The molecule has 0 aliphatic rings. The molecule has 0 aliphatic heterocycles. The Bertz CT molecular complexity index is 1790. The molecule has 9 nitrogen and oxygen atoms in total. The lowest BCUT2D eigenvalue weighted by Crippen LogP contribution is -2.13. The minimum absolute atomic E-state index is 0.0960. The van der Waals surface area contributed by atoms with Crippen LogP contribution in [0, 0.1) is 11.7 Å². The minimum atomic E-state index is -0.464. The van der Waals surface area contributed by atoms with Crippen molar-refractivity contribution in [2.45, 2.75) is 20.3 Å². The van der Waals surface area contributed by atoms with Crippen molar-refractivity contribution in [1.82, 2.24) is 35.1 Å². The topological polar surface area (TPSA) is 125 Å². The summed E-state index contributed by atoms with van der Waals surface area (Å²) in [6.07, 6.45) is 7.01. The molecule has 0 aliphatic carbocycles.